The number of alkyl halides is 3. The van der Waals surface area contributed by atoms with E-state index in [4.69, 9.17) is 10.00 Å². The highest BCUT2D eigenvalue weighted by Gasteiger charge is 2.40. The first kappa shape index (κ1) is 15.2. The first-order chi connectivity index (χ1) is 8.75. The molecule has 1 aromatic carbocycles. The maximum Gasteiger partial charge on any atom is 0.407 e. The van der Waals surface area contributed by atoms with E-state index in [0.717, 1.165) is 18.2 Å². The zero-order chi connectivity index (χ0) is 14.6. The minimum absolute atomic E-state index is 0.322. The van der Waals surface area contributed by atoms with Gasteiger partial charge in [-0.05, 0) is 12.1 Å². The van der Waals surface area contributed by atoms with E-state index in [2.05, 4.69) is 15.9 Å². The van der Waals surface area contributed by atoms with Gasteiger partial charge in [0.15, 0.2) is 11.7 Å². The maximum atomic E-state index is 12.3. The van der Waals surface area contributed by atoms with Gasteiger partial charge < -0.3 is 4.74 Å². The second-order valence-corrected chi connectivity index (χ2v) is 4.32. The monoisotopic (exact) mass is 338 g/mol. The van der Waals surface area contributed by atoms with Gasteiger partial charge in [0.2, 0.25) is 0 Å². The molecule has 0 aliphatic rings. The largest absolute Gasteiger partial charge is 0.485 e. The van der Waals surface area contributed by atoms with E-state index in [1.54, 1.807) is 0 Å². The summed E-state index contributed by atoms with van der Waals surface area (Å²) < 4.78 is 42.0. The highest BCUT2D eigenvalue weighted by molar-refractivity contribution is 9.10. The van der Waals surface area contributed by atoms with Crippen molar-refractivity contribution in [2.24, 2.45) is 5.92 Å². The number of nitro benzene ring substituents is 1. The number of benzene rings is 1. The second kappa shape index (κ2) is 5.88. The van der Waals surface area contributed by atoms with Crippen molar-refractivity contribution in [3.63, 3.8) is 0 Å². The lowest BCUT2D eigenvalue weighted by atomic mass is 10.2. The van der Waals surface area contributed by atoms with Gasteiger partial charge in [0.1, 0.15) is 6.61 Å². The van der Waals surface area contributed by atoms with Crippen molar-refractivity contribution in [1.29, 1.82) is 5.26 Å². The SMILES string of the molecule is N#CC(COc1ccc(Br)cc1[N+](=O)[O-])C(F)(F)F. The summed E-state index contributed by atoms with van der Waals surface area (Å²) in [4.78, 5) is 9.92. The summed E-state index contributed by atoms with van der Waals surface area (Å²) >= 11 is 3.00. The van der Waals surface area contributed by atoms with Gasteiger partial charge in [-0.25, -0.2) is 0 Å². The fraction of sp³-hybridized carbons (Fsp3) is 0.300. The number of rotatable bonds is 4. The van der Waals surface area contributed by atoms with E-state index < -0.39 is 29.3 Å². The lowest BCUT2D eigenvalue weighted by Crippen LogP contribution is -2.27. The summed E-state index contributed by atoms with van der Waals surface area (Å²) in [5, 5.41) is 19.1. The summed E-state index contributed by atoms with van der Waals surface area (Å²) in [6.07, 6.45) is -4.74. The third-order valence-corrected chi connectivity index (χ3v) is 2.57. The quantitative estimate of drug-likeness (QED) is 0.622. The Morgan fingerprint density at radius 1 is 1.53 bits per heavy atom. The summed E-state index contributed by atoms with van der Waals surface area (Å²) in [6, 6.07) is 4.69. The van der Waals surface area contributed by atoms with E-state index in [1.807, 2.05) is 0 Å². The van der Waals surface area contributed by atoms with Crippen LogP contribution in [0.3, 0.4) is 0 Å². The highest BCUT2D eigenvalue weighted by Crippen LogP contribution is 2.32. The number of halogens is 4. The zero-order valence-corrected chi connectivity index (χ0v) is 10.7. The van der Waals surface area contributed by atoms with E-state index in [1.165, 1.54) is 6.07 Å². The van der Waals surface area contributed by atoms with E-state index in [0.29, 0.717) is 4.47 Å². The number of hydrogen-bond acceptors (Lipinski definition) is 4. The molecule has 0 radical (unpaired) electrons. The van der Waals surface area contributed by atoms with Crippen molar-refractivity contribution in [3.8, 4) is 11.8 Å². The molecule has 5 nitrogen and oxygen atoms in total. The van der Waals surface area contributed by atoms with Crippen LogP contribution in [0.25, 0.3) is 0 Å². The minimum Gasteiger partial charge on any atom is -0.485 e. The first-order valence-corrected chi connectivity index (χ1v) is 5.58. The van der Waals surface area contributed by atoms with Crippen molar-refractivity contribution < 1.29 is 22.8 Å². The van der Waals surface area contributed by atoms with Gasteiger partial charge >= 0.3 is 11.9 Å². The van der Waals surface area contributed by atoms with Crippen LogP contribution < -0.4 is 4.74 Å². The van der Waals surface area contributed by atoms with Gasteiger partial charge in [0.05, 0.1) is 11.0 Å². The predicted molar refractivity (Wildman–Crippen MR) is 61.4 cm³/mol. The van der Waals surface area contributed by atoms with Crippen LogP contribution in [0.4, 0.5) is 18.9 Å². The maximum absolute atomic E-state index is 12.3. The van der Waals surface area contributed by atoms with Crippen molar-refractivity contribution in [2.45, 2.75) is 6.18 Å². The number of nitriles is 1. The topological polar surface area (TPSA) is 76.2 Å². The average Bonchev–Trinajstić information content (AvgIpc) is 2.29. The van der Waals surface area contributed by atoms with E-state index in [-0.39, 0.29) is 5.75 Å². The average molecular weight is 339 g/mol. The molecule has 0 amide bonds. The summed E-state index contributed by atoms with van der Waals surface area (Å²) in [5.74, 6) is -2.66. The molecule has 19 heavy (non-hydrogen) atoms. The molecular formula is C10H6BrF3N2O3. The molecule has 1 atom stereocenters. The van der Waals surface area contributed by atoms with Gasteiger partial charge in [0.25, 0.3) is 0 Å². The molecule has 1 aromatic rings. The Bertz CT molecular complexity index is 528. The Morgan fingerprint density at radius 3 is 2.63 bits per heavy atom. The molecule has 0 N–H and O–H groups in total. The van der Waals surface area contributed by atoms with E-state index in [9.17, 15) is 23.3 Å². The predicted octanol–water partition coefficient (Wildman–Crippen LogP) is 3.44. The van der Waals surface area contributed by atoms with Gasteiger partial charge in [-0.1, -0.05) is 15.9 Å². The molecule has 102 valence electrons. The molecule has 0 saturated heterocycles. The van der Waals surface area contributed by atoms with Crippen LogP contribution in [-0.4, -0.2) is 17.7 Å². The molecule has 1 rings (SSSR count). The van der Waals surface area contributed by atoms with Crippen LogP contribution >= 0.6 is 15.9 Å². The smallest absolute Gasteiger partial charge is 0.407 e. The molecule has 1 unspecified atom stereocenters. The fourth-order valence-corrected chi connectivity index (χ4v) is 1.48. The minimum atomic E-state index is -4.74. The Kier molecular flexibility index (Phi) is 4.72. The Balaban J connectivity index is 2.90. The Hall–Kier alpha value is -1.82. The van der Waals surface area contributed by atoms with Crippen LogP contribution in [0.1, 0.15) is 0 Å². The molecule has 0 saturated carbocycles. The van der Waals surface area contributed by atoms with Crippen LogP contribution in [0.5, 0.6) is 5.75 Å². The van der Waals surface area contributed by atoms with Crippen molar-refractivity contribution >= 4 is 21.6 Å². The lowest BCUT2D eigenvalue weighted by Gasteiger charge is -2.14. The third kappa shape index (κ3) is 4.10. The van der Waals surface area contributed by atoms with Crippen LogP contribution in [-0.2, 0) is 0 Å². The molecule has 0 heterocycles. The van der Waals surface area contributed by atoms with Crippen molar-refractivity contribution in [3.05, 3.63) is 32.8 Å². The molecule has 0 aliphatic carbocycles. The lowest BCUT2D eigenvalue weighted by molar-refractivity contribution is -0.386. The normalized spacial score (nSPS) is 12.6. The summed E-state index contributed by atoms with van der Waals surface area (Å²) in [7, 11) is 0. The van der Waals surface area contributed by atoms with Crippen molar-refractivity contribution in [1.82, 2.24) is 0 Å². The highest BCUT2D eigenvalue weighted by atomic mass is 79.9. The zero-order valence-electron chi connectivity index (χ0n) is 9.15. The fourth-order valence-electron chi connectivity index (χ4n) is 1.13. The molecule has 0 fully saturated rings. The summed E-state index contributed by atoms with van der Waals surface area (Å²) in [6.45, 7) is -0.998. The van der Waals surface area contributed by atoms with Crippen molar-refractivity contribution in [2.75, 3.05) is 6.61 Å². The number of nitro groups is 1. The van der Waals surface area contributed by atoms with E-state index >= 15 is 0 Å². The van der Waals surface area contributed by atoms with Crippen LogP contribution in [0.15, 0.2) is 22.7 Å². The first-order valence-electron chi connectivity index (χ1n) is 4.78. The Morgan fingerprint density at radius 2 is 2.16 bits per heavy atom. The molecule has 0 bridgehead atoms. The van der Waals surface area contributed by atoms with Gasteiger partial charge in [-0.2, -0.15) is 18.4 Å². The molecular weight excluding hydrogens is 333 g/mol. The second-order valence-electron chi connectivity index (χ2n) is 3.40. The molecule has 0 aliphatic heterocycles. The number of hydrogen-bond donors (Lipinski definition) is 0. The van der Waals surface area contributed by atoms with Gasteiger partial charge in [-0.15, -0.1) is 0 Å². The molecule has 0 spiro atoms. The molecule has 0 aromatic heterocycles. The van der Waals surface area contributed by atoms with Crippen LogP contribution in [0, 0.1) is 27.4 Å². The molecule has 9 heteroatoms. The van der Waals surface area contributed by atoms with Gasteiger partial charge in [0, 0.05) is 10.5 Å². The standard InChI is InChI=1S/C10H6BrF3N2O3/c11-7-1-2-9(8(3-7)16(17)18)19-5-6(4-15)10(12,13)14/h1-3,6H,5H2. The van der Waals surface area contributed by atoms with Gasteiger partial charge in [-0.3, -0.25) is 10.1 Å². The van der Waals surface area contributed by atoms with Crippen LogP contribution in [0.2, 0.25) is 0 Å². The number of nitrogens with zero attached hydrogens (tertiary/aromatic N) is 2. The third-order valence-electron chi connectivity index (χ3n) is 2.07. The number of ether oxygens (including phenoxy) is 1. The summed E-state index contributed by atoms with van der Waals surface area (Å²) in [5.41, 5.74) is -0.478. The Labute approximate surface area is 113 Å².